The summed E-state index contributed by atoms with van der Waals surface area (Å²) in [5, 5.41) is 10.7. The van der Waals surface area contributed by atoms with E-state index in [2.05, 4.69) is 20.9 Å². The maximum absolute atomic E-state index is 13.7. The van der Waals surface area contributed by atoms with Crippen LogP contribution in [-0.2, 0) is 6.42 Å². The van der Waals surface area contributed by atoms with E-state index in [1.54, 1.807) is 0 Å². The lowest BCUT2D eigenvalue weighted by Crippen LogP contribution is -2.07. The molecule has 1 aromatic heterocycles. The molecule has 0 aliphatic rings. The van der Waals surface area contributed by atoms with Gasteiger partial charge in [-0.1, -0.05) is 15.9 Å². The highest BCUT2D eigenvalue weighted by Crippen LogP contribution is 2.28. The van der Waals surface area contributed by atoms with Crippen LogP contribution in [0.3, 0.4) is 0 Å². The van der Waals surface area contributed by atoms with Gasteiger partial charge in [-0.2, -0.15) is 0 Å². The van der Waals surface area contributed by atoms with E-state index in [0.717, 1.165) is 22.7 Å². The molecule has 1 N–H and O–H groups in total. The Morgan fingerprint density at radius 1 is 1.32 bits per heavy atom. The first-order chi connectivity index (χ1) is 8.88. The fourth-order valence-corrected chi connectivity index (χ4v) is 3.14. The number of aliphatic hydroxyl groups excluding tert-OH is 1. The maximum Gasteiger partial charge on any atom is 0.133 e. The molecule has 0 radical (unpaired) electrons. The molecule has 0 bridgehead atoms. The summed E-state index contributed by atoms with van der Waals surface area (Å²) in [6.45, 7) is 3.78. The number of rotatable bonds is 3. The summed E-state index contributed by atoms with van der Waals surface area (Å²) >= 11 is 4.43. The first-order valence-corrected chi connectivity index (χ1v) is 7.25. The number of thiazole rings is 1. The second kappa shape index (κ2) is 5.64. The largest absolute Gasteiger partial charge is 0.388 e. The molecule has 0 spiro atoms. The SMILES string of the molecule is Cc1nc(CC(O)c2c(F)cc(Br)cc2F)sc1C. The van der Waals surface area contributed by atoms with Crippen LogP contribution in [0.4, 0.5) is 8.78 Å². The average Bonchev–Trinajstić information content (AvgIpc) is 2.55. The summed E-state index contributed by atoms with van der Waals surface area (Å²) in [5.74, 6) is -1.52. The molecule has 1 heterocycles. The number of aromatic nitrogens is 1. The van der Waals surface area contributed by atoms with E-state index < -0.39 is 17.7 Å². The van der Waals surface area contributed by atoms with Gasteiger partial charge in [0.15, 0.2) is 0 Å². The Hall–Kier alpha value is -0.850. The summed E-state index contributed by atoms with van der Waals surface area (Å²) in [6.07, 6.45) is -1.13. The molecule has 0 amide bonds. The van der Waals surface area contributed by atoms with E-state index in [4.69, 9.17) is 0 Å². The average molecular weight is 348 g/mol. The number of nitrogens with zero attached hydrogens (tertiary/aromatic N) is 1. The van der Waals surface area contributed by atoms with E-state index in [1.165, 1.54) is 11.3 Å². The molecule has 0 fully saturated rings. The standard InChI is InChI=1S/C13H12BrF2NOS/c1-6-7(2)19-12(17-6)5-11(18)13-9(15)3-8(14)4-10(13)16/h3-4,11,18H,5H2,1-2H3. The summed E-state index contributed by atoms with van der Waals surface area (Å²) < 4.78 is 27.7. The predicted molar refractivity (Wildman–Crippen MR) is 74.3 cm³/mol. The van der Waals surface area contributed by atoms with Gasteiger partial charge in [0.05, 0.1) is 22.4 Å². The van der Waals surface area contributed by atoms with Crippen molar-refractivity contribution in [3.05, 3.63) is 49.4 Å². The van der Waals surface area contributed by atoms with Crippen molar-refractivity contribution in [2.75, 3.05) is 0 Å². The van der Waals surface area contributed by atoms with Crippen molar-refractivity contribution in [2.45, 2.75) is 26.4 Å². The van der Waals surface area contributed by atoms with Crippen molar-refractivity contribution in [3.63, 3.8) is 0 Å². The highest BCUT2D eigenvalue weighted by molar-refractivity contribution is 9.10. The normalized spacial score (nSPS) is 12.7. The van der Waals surface area contributed by atoms with Crippen molar-refractivity contribution in [1.29, 1.82) is 0 Å². The van der Waals surface area contributed by atoms with Crippen LogP contribution in [0.5, 0.6) is 0 Å². The molecular formula is C13H12BrF2NOS. The number of hydrogen-bond donors (Lipinski definition) is 1. The van der Waals surface area contributed by atoms with Gasteiger partial charge in [0.1, 0.15) is 11.6 Å². The lowest BCUT2D eigenvalue weighted by Gasteiger charge is -2.12. The molecule has 0 saturated carbocycles. The van der Waals surface area contributed by atoms with Crippen molar-refractivity contribution in [2.24, 2.45) is 0 Å². The van der Waals surface area contributed by atoms with Gasteiger partial charge < -0.3 is 5.11 Å². The van der Waals surface area contributed by atoms with Crippen molar-refractivity contribution < 1.29 is 13.9 Å². The number of aliphatic hydroxyl groups is 1. The van der Waals surface area contributed by atoms with E-state index in [9.17, 15) is 13.9 Å². The van der Waals surface area contributed by atoms with Gasteiger partial charge in [0, 0.05) is 15.8 Å². The first-order valence-electron chi connectivity index (χ1n) is 5.64. The molecule has 2 aromatic rings. The molecule has 0 aliphatic carbocycles. The molecular weight excluding hydrogens is 336 g/mol. The van der Waals surface area contributed by atoms with E-state index >= 15 is 0 Å². The van der Waals surface area contributed by atoms with Gasteiger partial charge in [-0.05, 0) is 26.0 Å². The predicted octanol–water partition coefficient (Wildman–Crippen LogP) is 4.08. The van der Waals surface area contributed by atoms with E-state index in [-0.39, 0.29) is 12.0 Å². The summed E-state index contributed by atoms with van der Waals surface area (Å²) in [5.41, 5.74) is 0.567. The zero-order chi connectivity index (χ0) is 14.2. The molecule has 102 valence electrons. The highest BCUT2D eigenvalue weighted by Gasteiger charge is 2.20. The minimum atomic E-state index is -1.24. The monoisotopic (exact) mass is 347 g/mol. The highest BCUT2D eigenvalue weighted by atomic mass is 79.9. The molecule has 2 rings (SSSR count). The summed E-state index contributed by atoms with van der Waals surface area (Å²) in [4.78, 5) is 5.30. The molecule has 19 heavy (non-hydrogen) atoms. The Morgan fingerprint density at radius 3 is 2.37 bits per heavy atom. The van der Waals surface area contributed by atoms with Gasteiger partial charge in [0.25, 0.3) is 0 Å². The van der Waals surface area contributed by atoms with Crippen LogP contribution >= 0.6 is 27.3 Å². The lowest BCUT2D eigenvalue weighted by molar-refractivity contribution is 0.168. The second-order valence-corrected chi connectivity index (χ2v) is 6.46. The van der Waals surface area contributed by atoms with Gasteiger partial charge >= 0.3 is 0 Å². The Balaban J connectivity index is 2.27. The molecule has 1 unspecified atom stereocenters. The van der Waals surface area contributed by atoms with E-state index in [1.807, 2.05) is 13.8 Å². The number of halogens is 3. The summed E-state index contributed by atoms with van der Waals surface area (Å²) in [6, 6.07) is 2.28. The van der Waals surface area contributed by atoms with Gasteiger partial charge in [-0.15, -0.1) is 11.3 Å². The van der Waals surface area contributed by atoms with Crippen molar-refractivity contribution in [3.8, 4) is 0 Å². The smallest absolute Gasteiger partial charge is 0.133 e. The maximum atomic E-state index is 13.7. The third-order valence-electron chi connectivity index (χ3n) is 2.82. The molecule has 0 saturated heterocycles. The minimum Gasteiger partial charge on any atom is -0.388 e. The Labute approximate surface area is 122 Å². The third kappa shape index (κ3) is 3.19. The second-order valence-electron chi connectivity index (χ2n) is 4.25. The minimum absolute atomic E-state index is 0.106. The van der Waals surface area contributed by atoms with E-state index in [0.29, 0.717) is 9.48 Å². The van der Waals surface area contributed by atoms with Gasteiger partial charge in [0.2, 0.25) is 0 Å². The third-order valence-corrected chi connectivity index (χ3v) is 4.37. The molecule has 6 heteroatoms. The van der Waals surface area contributed by atoms with Crippen LogP contribution in [0.1, 0.15) is 27.2 Å². The Morgan fingerprint density at radius 2 is 1.89 bits per heavy atom. The van der Waals surface area contributed by atoms with Crippen molar-refractivity contribution in [1.82, 2.24) is 4.98 Å². The Kier molecular flexibility index (Phi) is 4.32. The zero-order valence-corrected chi connectivity index (χ0v) is 12.8. The fraction of sp³-hybridized carbons (Fsp3) is 0.308. The molecule has 2 nitrogen and oxygen atoms in total. The fourth-order valence-electron chi connectivity index (χ4n) is 1.77. The van der Waals surface area contributed by atoms with Crippen LogP contribution < -0.4 is 0 Å². The number of hydrogen-bond acceptors (Lipinski definition) is 3. The zero-order valence-electron chi connectivity index (χ0n) is 10.4. The first kappa shape index (κ1) is 14.6. The topological polar surface area (TPSA) is 33.1 Å². The molecule has 1 aromatic carbocycles. The van der Waals surface area contributed by atoms with Gasteiger partial charge in [-0.25, -0.2) is 13.8 Å². The van der Waals surface area contributed by atoms with Crippen LogP contribution in [0.2, 0.25) is 0 Å². The number of benzene rings is 1. The lowest BCUT2D eigenvalue weighted by atomic mass is 10.1. The van der Waals surface area contributed by atoms with Crippen LogP contribution in [0.25, 0.3) is 0 Å². The quantitative estimate of drug-likeness (QED) is 0.907. The van der Waals surface area contributed by atoms with Crippen LogP contribution in [0, 0.1) is 25.5 Å². The van der Waals surface area contributed by atoms with Gasteiger partial charge in [-0.3, -0.25) is 0 Å². The van der Waals surface area contributed by atoms with Crippen LogP contribution in [-0.4, -0.2) is 10.1 Å². The molecule has 0 aliphatic heterocycles. The Bertz CT molecular complexity index is 572. The number of aryl methyl sites for hydroxylation is 2. The molecule has 1 atom stereocenters. The van der Waals surface area contributed by atoms with Crippen LogP contribution in [0.15, 0.2) is 16.6 Å². The summed E-state index contributed by atoms with van der Waals surface area (Å²) in [7, 11) is 0. The van der Waals surface area contributed by atoms with Crippen molar-refractivity contribution >= 4 is 27.3 Å².